The zero-order chi connectivity index (χ0) is 15.3. The first-order chi connectivity index (χ1) is 10.0. The largest absolute Gasteiger partial charge is 0.354 e. The van der Waals surface area contributed by atoms with Crippen LogP contribution in [0.4, 0.5) is 0 Å². The number of likely N-dealkylation sites (tertiary alicyclic amines) is 1. The van der Waals surface area contributed by atoms with Gasteiger partial charge in [-0.05, 0) is 63.2 Å². The molecule has 2 rings (SSSR count). The molecule has 0 bridgehead atoms. The van der Waals surface area contributed by atoms with E-state index >= 15 is 0 Å². The number of hydrogen-bond donors (Lipinski definition) is 2. The molecule has 1 atom stereocenters. The average Bonchev–Trinajstić information content (AvgIpc) is 2.47. The molecule has 0 aromatic rings. The maximum absolute atomic E-state index is 12.7. The number of nitrogens with zero attached hydrogens (tertiary/aromatic N) is 1. The van der Waals surface area contributed by atoms with Gasteiger partial charge in [-0.3, -0.25) is 9.69 Å². The van der Waals surface area contributed by atoms with Gasteiger partial charge in [0.15, 0.2) is 0 Å². The summed E-state index contributed by atoms with van der Waals surface area (Å²) in [5, 5.41) is 6.66. The van der Waals surface area contributed by atoms with Crippen LogP contribution in [0.5, 0.6) is 0 Å². The van der Waals surface area contributed by atoms with E-state index in [9.17, 15) is 4.79 Å². The van der Waals surface area contributed by atoms with Gasteiger partial charge in [-0.2, -0.15) is 0 Å². The second-order valence-corrected chi connectivity index (χ2v) is 7.56. The van der Waals surface area contributed by atoms with E-state index in [4.69, 9.17) is 0 Å². The monoisotopic (exact) mass is 295 g/mol. The molecule has 2 N–H and O–H groups in total. The highest BCUT2D eigenvalue weighted by molar-refractivity contribution is 5.82. The van der Waals surface area contributed by atoms with E-state index in [0.29, 0.717) is 5.92 Å². The van der Waals surface area contributed by atoms with Crippen LogP contribution in [-0.2, 0) is 4.79 Å². The van der Waals surface area contributed by atoms with Crippen LogP contribution in [0.1, 0.15) is 52.9 Å². The van der Waals surface area contributed by atoms with E-state index in [1.807, 2.05) is 0 Å². The molecular weight excluding hydrogens is 262 g/mol. The summed E-state index contributed by atoms with van der Waals surface area (Å²) in [5.41, 5.74) is 0.268. The van der Waals surface area contributed by atoms with Crippen molar-refractivity contribution in [3.8, 4) is 0 Å². The first-order valence-electron chi connectivity index (χ1n) is 8.74. The number of piperidine rings is 2. The molecule has 1 unspecified atom stereocenters. The van der Waals surface area contributed by atoms with E-state index in [2.05, 4.69) is 36.3 Å². The molecular formula is C17H33N3O. The van der Waals surface area contributed by atoms with Gasteiger partial charge in [-0.15, -0.1) is 0 Å². The van der Waals surface area contributed by atoms with Crippen LogP contribution < -0.4 is 10.6 Å². The van der Waals surface area contributed by atoms with Crippen molar-refractivity contribution in [3.63, 3.8) is 0 Å². The van der Waals surface area contributed by atoms with Gasteiger partial charge in [-0.1, -0.05) is 27.2 Å². The third kappa shape index (κ3) is 4.68. The molecule has 21 heavy (non-hydrogen) atoms. The average molecular weight is 295 g/mol. The Morgan fingerprint density at radius 3 is 2.38 bits per heavy atom. The lowest BCUT2D eigenvalue weighted by atomic mass is 9.81. The molecule has 2 fully saturated rings. The molecule has 0 radical (unpaired) electrons. The summed E-state index contributed by atoms with van der Waals surface area (Å²) in [5.74, 6) is 0.621. The molecule has 4 heteroatoms. The van der Waals surface area contributed by atoms with E-state index in [-0.39, 0.29) is 17.4 Å². The summed E-state index contributed by atoms with van der Waals surface area (Å²) in [7, 11) is 0. The lowest BCUT2D eigenvalue weighted by Crippen LogP contribution is -2.53. The predicted octanol–water partition coefficient (Wildman–Crippen LogP) is 2.00. The first kappa shape index (κ1) is 16.8. The number of carbonyl (C=O) groups excluding carboxylic acids is 1. The Labute approximate surface area is 130 Å². The zero-order valence-corrected chi connectivity index (χ0v) is 14.1. The molecule has 1 amide bonds. The minimum Gasteiger partial charge on any atom is -0.354 e. The highest BCUT2D eigenvalue weighted by Crippen LogP contribution is 2.27. The maximum Gasteiger partial charge on any atom is 0.237 e. The van der Waals surface area contributed by atoms with E-state index < -0.39 is 0 Å². The fourth-order valence-electron chi connectivity index (χ4n) is 3.70. The van der Waals surface area contributed by atoms with Crippen molar-refractivity contribution >= 4 is 5.91 Å². The van der Waals surface area contributed by atoms with Crippen LogP contribution in [0.3, 0.4) is 0 Å². The van der Waals surface area contributed by atoms with Crippen LogP contribution in [0.15, 0.2) is 0 Å². The van der Waals surface area contributed by atoms with Crippen molar-refractivity contribution in [2.75, 3.05) is 32.7 Å². The fraction of sp³-hybridized carbons (Fsp3) is 0.941. The lowest BCUT2D eigenvalue weighted by Gasteiger charge is -2.38. The van der Waals surface area contributed by atoms with Gasteiger partial charge >= 0.3 is 0 Å². The Balaban J connectivity index is 1.89. The molecule has 0 aromatic carbocycles. The van der Waals surface area contributed by atoms with Crippen molar-refractivity contribution < 1.29 is 4.79 Å². The van der Waals surface area contributed by atoms with Crippen molar-refractivity contribution in [3.05, 3.63) is 0 Å². The van der Waals surface area contributed by atoms with Crippen LogP contribution in [0, 0.1) is 11.3 Å². The molecule has 4 nitrogen and oxygen atoms in total. The summed E-state index contributed by atoms with van der Waals surface area (Å²) >= 11 is 0. The topological polar surface area (TPSA) is 44.4 Å². The standard InChI is InChI=1S/C17H33N3O/c1-14(2)15(20-11-5-4-6-12-20)16(21)19-13-17(3)7-9-18-10-8-17/h14-15,18H,4-13H2,1-3H3,(H,19,21). The lowest BCUT2D eigenvalue weighted by molar-refractivity contribution is -0.129. The van der Waals surface area contributed by atoms with Gasteiger partial charge in [0, 0.05) is 6.54 Å². The summed E-state index contributed by atoms with van der Waals surface area (Å²) in [6.07, 6.45) is 6.10. The Morgan fingerprint density at radius 1 is 1.19 bits per heavy atom. The minimum absolute atomic E-state index is 0.0515. The smallest absolute Gasteiger partial charge is 0.237 e. The van der Waals surface area contributed by atoms with Gasteiger partial charge in [-0.25, -0.2) is 0 Å². The summed E-state index contributed by atoms with van der Waals surface area (Å²) in [6.45, 7) is 11.8. The predicted molar refractivity (Wildman–Crippen MR) is 87.3 cm³/mol. The molecule has 0 saturated carbocycles. The molecule has 122 valence electrons. The van der Waals surface area contributed by atoms with Gasteiger partial charge in [0.1, 0.15) is 0 Å². The second kappa shape index (κ2) is 7.59. The fourth-order valence-corrected chi connectivity index (χ4v) is 3.70. The maximum atomic E-state index is 12.7. The molecule has 2 aliphatic heterocycles. The number of amides is 1. The van der Waals surface area contributed by atoms with Crippen molar-refractivity contribution in [1.29, 1.82) is 0 Å². The van der Waals surface area contributed by atoms with Crippen LogP contribution in [-0.4, -0.2) is 49.6 Å². The highest BCUT2D eigenvalue weighted by atomic mass is 16.2. The van der Waals surface area contributed by atoms with E-state index in [1.54, 1.807) is 0 Å². The molecule has 0 aromatic heterocycles. The van der Waals surface area contributed by atoms with Crippen molar-refractivity contribution in [2.45, 2.75) is 58.9 Å². The summed E-state index contributed by atoms with van der Waals surface area (Å²) < 4.78 is 0. The third-order valence-corrected chi connectivity index (χ3v) is 5.18. The van der Waals surface area contributed by atoms with Gasteiger partial charge < -0.3 is 10.6 Å². The number of nitrogens with one attached hydrogen (secondary N) is 2. The highest BCUT2D eigenvalue weighted by Gasteiger charge is 2.32. The Kier molecular flexibility index (Phi) is 6.06. The van der Waals surface area contributed by atoms with Crippen LogP contribution in [0.25, 0.3) is 0 Å². The molecule has 2 saturated heterocycles. The number of carbonyl (C=O) groups is 1. The van der Waals surface area contributed by atoms with Crippen molar-refractivity contribution in [1.82, 2.24) is 15.5 Å². The molecule has 2 heterocycles. The van der Waals surface area contributed by atoms with Gasteiger partial charge in [0.2, 0.25) is 5.91 Å². The van der Waals surface area contributed by atoms with Crippen LogP contribution in [0.2, 0.25) is 0 Å². The van der Waals surface area contributed by atoms with E-state index in [1.165, 1.54) is 19.3 Å². The molecule has 0 spiro atoms. The summed E-state index contributed by atoms with van der Waals surface area (Å²) in [4.78, 5) is 15.1. The summed E-state index contributed by atoms with van der Waals surface area (Å²) in [6, 6.07) is 0.0515. The van der Waals surface area contributed by atoms with Gasteiger partial charge in [0.05, 0.1) is 6.04 Å². The number of rotatable bonds is 5. The van der Waals surface area contributed by atoms with Crippen molar-refractivity contribution in [2.24, 2.45) is 11.3 Å². The Hall–Kier alpha value is -0.610. The van der Waals surface area contributed by atoms with Crippen LogP contribution >= 0.6 is 0 Å². The third-order valence-electron chi connectivity index (χ3n) is 5.18. The van der Waals surface area contributed by atoms with Gasteiger partial charge in [0.25, 0.3) is 0 Å². The minimum atomic E-state index is 0.0515. The Morgan fingerprint density at radius 2 is 1.81 bits per heavy atom. The molecule has 0 aliphatic carbocycles. The zero-order valence-electron chi connectivity index (χ0n) is 14.1. The SMILES string of the molecule is CC(C)C(C(=O)NCC1(C)CCNCC1)N1CCCCC1. The number of hydrogen-bond acceptors (Lipinski definition) is 3. The first-order valence-corrected chi connectivity index (χ1v) is 8.74. The second-order valence-electron chi connectivity index (χ2n) is 7.56. The van der Waals surface area contributed by atoms with E-state index in [0.717, 1.165) is 45.6 Å². The quantitative estimate of drug-likeness (QED) is 0.815. The Bertz CT molecular complexity index is 331. The molecule has 2 aliphatic rings. The normalized spacial score (nSPS) is 24.8.